The minimum Gasteiger partial charge on any atom is -0.310 e. The molecule has 0 aliphatic carbocycles. The maximum atomic E-state index is 13.1. The average molecular weight is 220 g/mol. The fourth-order valence-electron chi connectivity index (χ4n) is 1.35. The number of hydrogen-bond acceptors (Lipinski definition) is 1. The van der Waals surface area contributed by atoms with Gasteiger partial charge < -0.3 is 5.32 Å². The molecule has 1 aliphatic heterocycles. The van der Waals surface area contributed by atoms with E-state index >= 15 is 0 Å². The van der Waals surface area contributed by atoms with Crippen molar-refractivity contribution < 1.29 is 4.39 Å². The molecule has 13 heavy (non-hydrogen) atoms. The third-order valence-corrected chi connectivity index (χ3v) is 3.01. The minimum atomic E-state index is -0.446. The Morgan fingerprint density at radius 2 is 2.08 bits per heavy atom. The molecule has 0 aromatic heterocycles. The van der Waals surface area contributed by atoms with Gasteiger partial charge >= 0.3 is 0 Å². The van der Waals surface area contributed by atoms with E-state index in [2.05, 4.69) is 5.32 Å². The number of benzene rings is 1. The molecule has 1 nitrogen and oxygen atoms in total. The first-order valence-electron chi connectivity index (χ1n) is 4.06. The SMILES string of the molecule is Fc1cc(C2CCN2)cc(Cl)c1Cl. The predicted octanol–water partition coefficient (Wildman–Crippen LogP) is 3.17. The van der Waals surface area contributed by atoms with Crippen LogP contribution in [0.1, 0.15) is 18.0 Å². The van der Waals surface area contributed by atoms with Gasteiger partial charge in [0.1, 0.15) is 5.82 Å². The quantitative estimate of drug-likeness (QED) is 0.716. The van der Waals surface area contributed by atoms with Crippen molar-refractivity contribution in [2.45, 2.75) is 12.5 Å². The van der Waals surface area contributed by atoms with Crippen molar-refractivity contribution in [3.8, 4) is 0 Å². The molecule has 0 saturated carbocycles. The van der Waals surface area contributed by atoms with E-state index in [4.69, 9.17) is 23.2 Å². The van der Waals surface area contributed by atoms with E-state index in [1.807, 2.05) is 0 Å². The van der Waals surface area contributed by atoms with Crippen molar-refractivity contribution in [3.05, 3.63) is 33.6 Å². The lowest BCUT2D eigenvalue weighted by atomic mass is 9.98. The zero-order valence-corrected chi connectivity index (χ0v) is 8.29. The normalized spacial score (nSPS) is 21.3. The first-order chi connectivity index (χ1) is 6.18. The first-order valence-corrected chi connectivity index (χ1v) is 4.82. The Bertz CT molecular complexity index is 313. The summed E-state index contributed by atoms with van der Waals surface area (Å²) in [6, 6.07) is 3.39. The van der Waals surface area contributed by atoms with Gasteiger partial charge in [0.05, 0.1) is 10.0 Å². The van der Waals surface area contributed by atoms with Gasteiger partial charge in [-0.15, -0.1) is 0 Å². The van der Waals surface area contributed by atoms with Gasteiger partial charge in [0, 0.05) is 6.04 Å². The lowest BCUT2D eigenvalue weighted by Crippen LogP contribution is -2.34. The molecule has 1 aromatic rings. The van der Waals surface area contributed by atoms with E-state index in [0.717, 1.165) is 18.5 Å². The maximum Gasteiger partial charge on any atom is 0.143 e. The van der Waals surface area contributed by atoms with Crippen molar-refractivity contribution in [2.75, 3.05) is 6.54 Å². The summed E-state index contributed by atoms with van der Waals surface area (Å²) in [4.78, 5) is 0. The molecule has 1 aliphatic rings. The van der Waals surface area contributed by atoms with Crippen LogP contribution in [0.3, 0.4) is 0 Å². The lowest BCUT2D eigenvalue weighted by molar-refractivity contribution is 0.382. The Labute approximate surface area is 85.8 Å². The van der Waals surface area contributed by atoms with E-state index in [0.29, 0.717) is 0 Å². The molecular formula is C9H8Cl2FN. The molecule has 1 heterocycles. The molecule has 1 N–H and O–H groups in total. The summed E-state index contributed by atoms with van der Waals surface area (Å²) in [5, 5.41) is 3.45. The van der Waals surface area contributed by atoms with Crippen LogP contribution in [0.5, 0.6) is 0 Å². The Balaban J connectivity index is 2.37. The summed E-state index contributed by atoms with van der Waals surface area (Å²) in [6.45, 7) is 0.979. The van der Waals surface area contributed by atoms with Crippen LogP contribution in [0.2, 0.25) is 10.0 Å². The van der Waals surface area contributed by atoms with E-state index < -0.39 is 5.82 Å². The Kier molecular flexibility index (Phi) is 2.45. The molecule has 0 radical (unpaired) electrons. The molecule has 2 rings (SSSR count). The Morgan fingerprint density at radius 1 is 1.38 bits per heavy atom. The van der Waals surface area contributed by atoms with Crippen molar-refractivity contribution in [2.24, 2.45) is 0 Å². The number of halogens is 3. The summed E-state index contributed by atoms with van der Waals surface area (Å²) >= 11 is 11.3. The highest BCUT2D eigenvalue weighted by atomic mass is 35.5. The molecule has 0 bridgehead atoms. The molecular weight excluding hydrogens is 212 g/mol. The average Bonchev–Trinajstić information content (AvgIpc) is 1.96. The molecule has 1 saturated heterocycles. The summed E-state index contributed by atoms with van der Waals surface area (Å²) in [5.74, 6) is -0.446. The monoisotopic (exact) mass is 219 g/mol. The summed E-state index contributed by atoms with van der Waals surface area (Å²) in [5.41, 5.74) is 0.873. The molecule has 0 spiro atoms. The van der Waals surface area contributed by atoms with Crippen molar-refractivity contribution >= 4 is 23.2 Å². The highest BCUT2D eigenvalue weighted by Gasteiger charge is 2.20. The smallest absolute Gasteiger partial charge is 0.143 e. The minimum absolute atomic E-state index is 0.00439. The Morgan fingerprint density at radius 3 is 2.54 bits per heavy atom. The van der Waals surface area contributed by atoms with E-state index in [9.17, 15) is 4.39 Å². The zero-order valence-electron chi connectivity index (χ0n) is 6.78. The van der Waals surface area contributed by atoms with E-state index in [1.54, 1.807) is 6.07 Å². The predicted molar refractivity (Wildman–Crippen MR) is 51.8 cm³/mol. The maximum absolute atomic E-state index is 13.1. The lowest BCUT2D eigenvalue weighted by Gasteiger charge is -2.28. The topological polar surface area (TPSA) is 12.0 Å². The van der Waals surface area contributed by atoms with Gasteiger partial charge in [-0.3, -0.25) is 0 Å². The second-order valence-electron chi connectivity index (χ2n) is 3.09. The molecule has 1 atom stereocenters. The van der Waals surface area contributed by atoms with Gasteiger partial charge in [-0.25, -0.2) is 4.39 Å². The molecule has 4 heteroatoms. The third-order valence-electron chi connectivity index (χ3n) is 2.23. The summed E-state index contributed by atoms with van der Waals surface area (Å²) in [6.07, 6.45) is 1.03. The second-order valence-corrected chi connectivity index (χ2v) is 3.88. The molecule has 70 valence electrons. The van der Waals surface area contributed by atoms with Crippen LogP contribution in [0.25, 0.3) is 0 Å². The summed E-state index contributed by atoms with van der Waals surface area (Å²) < 4.78 is 13.1. The molecule has 1 fully saturated rings. The van der Waals surface area contributed by atoms with Gasteiger partial charge in [-0.05, 0) is 30.7 Å². The van der Waals surface area contributed by atoms with Crippen LogP contribution in [0.4, 0.5) is 4.39 Å². The van der Waals surface area contributed by atoms with E-state index in [1.165, 1.54) is 6.07 Å². The van der Waals surface area contributed by atoms with Gasteiger partial charge in [0.15, 0.2) is 0 Å². The summed E-state index contributed by atoms with van der Waals surface area (Å²) in [7, 11) is 0. The highest BCUT2D eigenvalue weighted by Crippen LogP contribution is 2.31. The van der Waals surface area contributed by atoms with Crippen LogP contribution in [0, 0.1) is 5.82 Å². The van der Waals surface area contributed by atoms with Gasteiger partial charge in [0.25, 0.3) is 0 Å². The van der Waals surface area contributed by atoms with Gasteiger partial charge in [-0.1, -0.05) is 23.2 Å². The molecule has 1 aromatic carbocycles. The van der Waals surface area contributed by atoms with Crippen molar-refractivity contribution in [1.82, 2.24) is 5.32 Å². The van der Waals surface area contributed by atoms with E-state index in [-0.39, 0.29) is 16.1 Å². The molecule has 1 unspecified atom stereocenters. The highest BCUT2D eigenvalue weighted by molar-refractivity contribution is 6.42. The number of rotatable bonds is 1. The van der Waals surface area contributed by atoms with Crippen LogP contribution in [-0.4, -0.2) is 6.54 Å². The van der Waals surface area contributed by atoms with Gasteiger partial charge in [0.2, 0.25) is 0 Å². The second kappa shape index (κ2) is 3.45. The zero-order chi connectivity index (χ0) is 9.42. The van der Waals surface area contributed by atoms with Crippen LogP contribution in [-0.2, 0) is 0 Å². The Hall–Kier alpha value is -0.310. The van der Waals surface area contributed by atoms with Crippen LogP contribution >= 0.6 is 23.2 Å². The van der Waals surface area contributed by atoms with Gasteiger partial charge in [-0.2, -0.15) is 0 Å². The number of nitrogens with one attached hydrogen (secondary N) is 1. The van der Waals surface area contributed by atoms with Crippen molar-refractivity contribution in [3.63, 3.8) is 0 Å². The third kappa shape index (κ3) is 1.66. The fraction of sp³-hybridized carbons (Fsp3) is 0.333. The first kappa shape index (κ1) is 9.25. The van der Waals surface area contributed by atoms with Crippen LogP contribution < -0.4 is 5.32 Å². The number of hydrogen-bond donors (Lipinski definition) is 1. The largest absolute Gasteiger partial charge is 0.310 e. The van der Waals surface area contributed by atoms with Crippen molar-refractivity contribution in [1.29, 1.82) is 0 Å². The van der Waals surface area contributed by atoms with Crippen LogP contribution in [0.15, 0.2) is 12.1 Å². The fourth-order valence-corrected chi connectivity index (χ4v) is 1.67. The standard InChI is InChI=1S/C9H8Cl2FN/c10-6-3-5(8-1-2-13-8)4-7(12)9(6)11/h3-4,8,13H,1-2H2. The molecule has 0 amide bonds.